The molecule has 2 aromatic rings. The SMILES string of the molecule is Cc1cc(Cl)cnc1C(=S)Nc1ccc(F)c([C@]2(CF)C[C@@H](C(F)(F)F)OC(N)=N2)c1. The van der Waals surface area contributed by atoms with Crippen LogP contribution in [0.25, 0.3) is 0 Å². The van der Waals surface area contributed by atoms with Crippen molar-refractivity contribution in [3.63, 3.8) is 0 Å². The van der Waals surface area contributed by atoms with Crippen LogP contribution in [0.2, 0.25) is 5.02 Å². The van der Waals surface area contributed by atoms with Crippen LogP contribution in [0.3, 0.4) is 0 Å². The minimum Gasteiger partial charge on any atom is -0.452 e. The van der Waals surface area contributed by atoms with Crippen LogP contribution in [0.1, 0.15) is 23.2 Å². The highest BCUT2D eigenvalue weighted by molar-refractivity contribution is 7.81. The number of amidine groups is 1. The molecule has 2 atom stereocenters. The van der Waals surface area contributed by atoms with Crippen molar-refractivity contribution in [3.05, 3.63) is 58.1 Å². The van der Waals surface area contributed by atoms with E-state index < -0.39 is 48.3 Å². The summed E-state index contributed by atoms with van der Waals surface area (Å²) in [4.78, 5) is 7.99. The molecule has 0 amide bonds. The van der Waals surface area contributed by atoms with Gasteiger partial charge in [-0.3, -0.25) is 4.98 Å². The first kappa shape index (κ1) is 23.1. The lowest BCUT2D eigenvalue weighted by atomic mass is 9.84. The third kappa shape index (κ3) is 4.87. The van der Waals surface area contributed by atoms with E-state index in [2.05, 4.69) is 20.0 Å². The fourth-order valence-corrected chi connectivity index (χ4v) is 3.76. The van der Waals surface area contributed by atoms with Crippen LogP contribution < -0.4 is 11.1 Å². The Hall–Kier alpha value is -2.53. The molecule has 166 valence electrons. The number of nitrogens with two attached hydrogens (primary N) is 1. The van der Waals surface area contributed by atoms with Crippen LogP contribution in [0.5, 0.6) is 0 Å². The van der Waals surface area contributed by atoms with E-state index in [1.807, 2.05) is 0 Å². The van der Waals surface area contributed by atoms with Crippen LogP contribution in [0, 0.1) is 12.7 Å². The number of nitrogens with one attached hydrogen (secondary N) is 1. The molecule has 3 rings (SSSR count). The predicted molar refractivity (Wildman–Crippen MR) is 111 cm³/mol. The number of anilines is 1. The predicted octanol–water partition coefficient (Wildman–Crippen LogP) is 4.80. The van der Waals surface area contributed by atoms with Crippen LogP contribution in [-0.2, 0) is 10.3 Å². The van der Waals surface area contributed by atoms with E-state index in [1.54, 1.807) is 13.0 Å². The van der Waals surface area contributed by atoms with Crippen molar-refractivity contribution in [2.75, 3.05) is 12.0 Å². The number of pyridine rings is 1. The van der Waals surface area contributed by atoms with Gasteiger partial charge in [0.2, 0.25) is 0 Å². The Balaban J connectivity index is 1.98. The van der Waals surface area contributed by atoms with Crippen molar-refractivity contribution >= 4 is 40.5 Å². The second-order valence-electron chi connectivity index (χ2n) is 6.94. The summed E-state index contributed by atoms with van der Waals surface area (Å²) in [5.74, 6) is -0.950. The minimum absolute atomic E-state index is 0.157. The number of ether oxygens (including phenoxy) is 1. The van der Waals surface area contributed by atoms with E-state index in [-0.39, 0.29) is 10.7 Å². The lowest BCUT2D eigenvalue weighted by molar-refractivity contribution is -0.209. The third-order valence-corrected chi connectivity index (χ3v) is 5.18. The first-order valence-corrected chi connectivity index (χ1v) is 9.62. The van der Waals surface area contributed by atoms with E-state index in [9.17, 15) is 22.0 Å². The van der Waals surface area contributed by atoms with Crippen LogP contribution in [0.4, 0.5) is 27.6 Å². The highest BCUT2D eigenvalue weighted by Gasteiger charge is 2.52. The van der Waals surface area contributed by atoms with Gasteiger partial charge in [-0.05, 0) is 36.8 Å². The maximum atomic E-state index is 14.6. The molecule has 0 saturated carbocycles. The number of aromatic nitrogens is 1. The molecule has 2 heterocycles. The number of benzene rings is 1. The highest BCUT2D eigenvalue weighted by atomic mass is 35.5. The maximum absolute atomic E-state index is 14.6. The molecule has 1 aromatic carbocycles. The molecule has 1 aromatic heterocycles. The summed E-state index contributed by atoms with van der Waals surface area (Å²) in [7, 11) is 0. The second kappa shape index (κ2) is 8.54. The Bertz CT molecular complexity index is 1050. The van der Waals surface area contributed by atoms with Crippen molar-refractivity contribution in [2.45, 2.75) is 31.2 Å². The quantitative estimate of drug-likeness (QED) is 0.488. The second-order valence-corrected chi connectivity index (χ2v) is 7.78. The van der Waals surface area contributed by atoms with Gasteiger partial charge in [0.1, 0.15) is 28.7 Å². The zero-order chi connectivity index (χ0) is 23.0. The zero-order valence-electron chi connectivity index (χ0n) is 15.9. The largest absolute Gasteiger partial charge is 0.452 e. The molecular formula is C19H16ClF5N4OS. The number of rotatable bonds is 4. The molecule has 0 spiro atoms. The molecule has 0 aliphatic carbocycles. The van der Waals surface area contributed by atoms with Crippen molar-refractivity contribution in [1.82, 2.24) is 4.98 Å². The molecule has 1 aliphatic heterocycles. The molecule has 0 unspecified atom stereocenters. The number of aliphatic imine (C=N–C) groups is 1. The fraction of sp³-hybridized carbons (Fsp3) is 0.316. The standard InChI is InChI=1S/C19H16ClF5N4OS/c1-9-4-10(20)7-27-15(9)16(31)28-11-2-3-13(22)12(5-11)18(8-21)6-14(19(23,24)25)30-17(26)29-18/h2-5,7,14H,6,8H2,1H3,(H2,26,29)(H,28,31)/t14-,18+/m0/s1. The number of nitrogens with zero attached hydrogens (tertiary/aromatic N) is 2. The Morgan fingerprint density at radius 3 is 2.71 bits per heavy atom. The average Bonchev–Trinajstić information content (AvgIpc) is 2.68. The highest BCUT2D eigenvalue weighted by Crippen LogP contribution is 2.42. The minimum atomic E-state index is -4.84. The maximum Gasteiger partial charge on any atom is 0.425 e. The average molecular weight is 479 g/mol. The van der Waals surface area contributed by atoms with E-state index in [0.29, 0.717) is 16.3 Å². The molecule has 0 saturated heterocycles. The number of hydrogen-bond donors (Lipinski definition) is 2. The summed E-state index contributed by atoms with van der Waals surface area (Å²) in [5.41, 5.74) is 4.02. The van der Waals surface area contributed by atoms with Gasteiger partial charge in [0.05, 0.1) is 5.02 Å². The summed E-state index contributed by atoms with van der Waals surface area (Å²) in [6.07, 6.45) is -6.86. The Morgan fingerprint density at radius 2 is 2.10 bits per heavy atom. The van der Waals surface area contributed by atoms with Gasteiger partial charge in [-0.15, -0.1) is 0 Å². The number of halogens is 6. The summed E-state index contributed by atoms with van der Waals surface area (Å²) in [6.45, 7) is 0.305. The number of hydrogen-bond acceptors (Lipinski definition) is 5. The summed E-state index contributed by atoms with van der Waals surface area (Å²) >= 11 is 11.2. The van der Waals surface area contributed by atoms with Crippen LogP contribution in [-0.4, -0.2) is 34.9 Å². The number of alkyl halides is 4. The van der Waals surface area contributed by atoms with Crippen molar-refractivity contribution in [2.24, 2.45) is 10.7 Å². The molecule has 31 heavy (non-hydrogen) atoms. The normalized spacial score (nSPS) is 21.3. The van der Waals surface area contributed by atoms with Crippen LogP contribution >= 0.6 is 23.8 Å². The van der Waals surface area contributed by atoms with Gasteiger partial charge in [-0.25, -0.2) is 13.8 Å². The van der Waals surface area contributed by atoms with Gasteiger partial charge in [0, 0.05) is 23.9 Å². The van der Waals surface area contributed by atoms with Crippen molar-refractivity contribution in [1.29, 1.82) is 0 Å². The van der Waals surface area contributed by atoms with E-state index in [0.717, 1.165) is 12.1 Å². The Labute approximate surface area is 184 Å². The molecule has 3 N–H and O–H groups in total. The fourth-order valence-electron chi connectivity index (χ4n) is 3.21. The lowest BCUT2D eigenvalue weighted by Crippen LogP contribution is -2.48. The Morgan fingerprint density at radius 1 is 1.39 bits per heavy atom. The number of aryl methyl sites for hydroxylation is 1. The summed E-state index contributed by atoms with van der Waals surface area (Å²) in [6, 6.07) is 4.19. The van der Waals surface area contributed by atoms with Gasteiger partial charge in [0.25, 0.3) is 6.02 Å². The zero-order valence-corrected chi connectivity index (χ0v) is 17.5. The van der Waals surface area contributed by atoms with E-state index in [1.165, 1.54) is 12.3 Å². The van der Waals surface area contributed by atoms with Gasteiger partial charge >= 0.3 is 6.18 Å². The monoisotopic (exact) mass is 478 g/mol. The Kier molecular flexibility index (Phi) is 6.38. The summed E-state index contributed by atoms with van der Waals surface area (Å²) < 4.78 is 72.8. The summed E-state index contributed by atoms with van der Waals surface area (Å²) in [5, 5.41) is 3.23. The molecule has 1 aliphatic rings. The molecule has 5 nitrogen and oxygen atoms in total. The van der Waals surface area contributed by atoms with E-state index >= 15 is 0 Å². The van der Waals surface area contributed by atoms with E-state index in [4.69, 9.17) is 29.6 Å². The molecule has 12 heteroatoms. The number of thiocarbonyl (C=S) groups is 1. The molecule has 0 bridgehead atoms. The molecular weight excluding hydrogens is 463 g/mol. The van der Waals surface area contributed by atoms with Crippen LogP contribution in [0.15, 0.2) is 35.5 Å². The van der Waals surface area contributed by atoms with Gasteiger partial charge in [-0.2, -0.15) is 13.2 Å². The van der Waals surface area contributed by atoms with Crippen molar-refractivity contribution in [3.8, 4) is 0 Å². The van der Waals surface area contributed by atoms with Crippen molar-refractivity contribution < 1.29 is 26.7 Å². The van der Waals surface area contributed by atoms with Gasteiger partial charge < -0.3 is 15.8 Å². The first-order valence-electron chi connectivity index (χ1n) is 8.83. The molecule has 0 radical (unpaired) electrons. The van der Waals surface area contributed by atoms with Gasteiger partial charge in [0.15, 0.2) is 6.10 Å². The van der Waals surface area contributed by atoms with Gasteiger partial charge in [-0.1, -0.05) is 23.8 Å². The lowest BCUT2D eigenvalue weighted by Gasteiger charge is -2.36. The molecule has 0 fully saturated rings. The first-order chi connectivity index (χ1) is 14.4. The topological polar surface area (TPSA) is 72.5 Å². The smallest absolute Gasteiger partial charge is 0.425 e. The third-order valence-electron chi connectivity index (χ3n) is 4.68.